The number of carbonyl (C=O) groups excluding carboxylic acids is 1. The summed E-state index contributed by atoms with van der Waals surface area (Å²) < 4.78 is 0. The molecule has 2 aromatic carbocycles. The van der Waals surface area contributed by atoms with Crippen LogP contribution >= 0.6 is 0 Å². The van der Waals surface area contributed by atoms with E-state index in [9.17, 15) is 25.0 Å². The molecule has 0 spiro atoms. The molecular weight excluding hydrogens is 316 g/mol. The lowest BCUT2D eigenvalue weighted by Gasteiger charge is -2.06. The zero-order valence-corrected chi connectivity index (χ0v) is 12.1. The van der Waals surface area contributed by atoms with E-state index in [2.05, 4.69) is 5.32 Å². The fraction of sp³-hybridized carbons (Fsp3) is 0.0667. The van der Waals surface area contributed by atoms with Crippen molar-refractivity contribution in [3.63, 3.8) is 0 Å². The van der Waals surface area contributed by atoms with E-state index in [0.29, 0.717) is 11.3 Å². The van der Waals surface area contributed by atoms with Gasteiger partial charge in [-0.2, -0.15) is 5.26 Å². The van der Waals surface area contributed by atoms with Crippen molar-refractivity contribution in [2.24, 2.45) is 0 Å². The van der Waals surface area contributed by atoms with Crippen molar-refractivity contribution in [1.82, 2.24) is 0 Å². The monoisotopic (exact) mass is 326 g/mol. The van der Waals surface area contributed by atoms with E-state index >= 15 is 0 Å². The Kier molecular flexibility index (Phi) is 4.81. The number of hydrogen-bond acceptors (Lipinski definition) is 6. The van der Waals surface area contributed by atoms with Crippen molar-refractivity contribution in [2.45, 2.75) is 6.42 Å². The van der Waals surface area contributed by atoms with Crippen LogP contribution in [0.2, 0.25) is 0 Å². The second-order valence-corrected chi connectivity index (χ2v) is 4.74. The molecule has 2 aromatic rings. The third kappa shape index (κ3) is 3.89. The van der Waals surface area contributed by atoms with Crippen LogP contribution in [0.5, 0.6) is 0 Å². The van der Waals surface area contributed by atoms with Crippen LogP contribution in [-0.4, -0.2) is 15.8 Å². The number of hydrogen-bond donors (Lipinski definition) is 1. The Hall–Kier alpha value is -3.80. The average molecular weight is 326 g/mol. The van der Waals surface area contributed by atoms with E-state index in [1.165, 1.54) is 30.3 Å². The van der Waals surface area contributed by atoms with Gasteiger partial charge >= 0.3 is 0 Å². The number of nitro groups is 2. The minimum absolute atomic E-state index is 0.0664. The Labute approximate surface area is 135 Å². The van der Waals surface area contributed by atoms with Gasteiger partial charge in [-0.1, -0.05) is 0 Å². The van der Waals surface area contributed by atoms with Crippen LogP contribution in [0, 0.1) is 31.6 Å². The molecule has 0 heterocycles. The Balaban J connectivity index is 2.17. The molecular formula is C15H10N4O5. The SMILES string of the molecule is N#Cc1ccc(NC(=O)Cc2ccc([N+](=O)[O-])cc2[N+](=O)[O-])cc1. The van der Waals surface area contributed by atoms with Gasteiger partial charge in [-0.05, 0) is 30.3 Å². The largest absolute Gasteiger partial charge is 0.326 e. The van der Waals surface area contributed by atoms with Crippen molar-refractivity contribution >= 4 is 23.0 Å². The van der Waals surface area contributed by atoms with E-state index in [4.69, 9.17) is 5.26 Å². The van der Waals surface area contributed by atoms with Crippen molar-refractivity contribution in [2.75, 3.05) is 5.32 Å². The second kappa shape index (κ2) is 6.97. The predicted molar refractivity (Wildman–Crippen MR) is 83.2 cm³/mol. The molecule has 0 unspecified atom stereocenters. The molecule has 1 N–H and O–H groups in total. The van der Waals surface area contributed by atoms with E-state index < -0.39 is 27.1 Å². The summed E-state index contributed by atoms with van der Waals surface area (Å²) in [5.41, 5.74) is 0.0245. The van der Waals surface area contributed by atoms with Gasteiger partial charge in [-0.3, -0.25) is 25.0 Å². The number of rotatable bonds is 5. The number of nitriles is 1. The van der Waals surface area contributed by atoms with Gasteiger partial charge in [0.1, 0.15) is 0 Å². The predicted octanol–water partition coefficient (Wildman–Crippen LogP) is 2.56. The molecule has 1 amide bonds. The lowest BCUT2D eigenvalue weighted by Crippen LogP contribution is -2.15. The Morgan fingerprint density at radius 2 is 1.75 bits per heavy atom. The van der Waals surface area contributed by atoms with Gasteiger partial charge < -0.3 is 5.32 Å². The summed E-state index contributed by atoms with van der Waals surface area (Å²) in [5.74, 6) is -0.517. The number of nitrogens with one attached hydrogen (secondary N) is 1. The van der Waals surface area contributed by atoms with Crippen LogP contribution in [0.3, 0.4) is 0 Å². The molecule has 0 saturated carbocycles. The van der Waals surface area contributed by atoms with E-state index in [1.54, 1.807) is 0 Å². The fourth-order valence-corrected chi connectivity index (χ4v) is 1.99. The zero-order valence-electron chi connectivity index (χ0n) is 12.1. The fourth-order valence-electron chi connectivity index (χ4n) is 1.99. The maximum atomic E-state index is 12.0. The number of benzene rings is 2. The third-order valence-corrected chi connectivity index (χ3v) is 3.13. The van der Waals surface area contributed by atoms with Gasteiger partial charge in [0.2, 0.25) is 5.91 Å². The standard InChI is InChI=1S/C15H10N4O5/c16-9-10-1-4-12(5-2-10)17-15(20)7-11-3-6-13(18(21)22)8-14(11)19(23)24/h1-6,8H,7H2,(H,17,20). The summed E-state index contributed by atoms with van der Waals surface area (Å²) >= 11 is 0. The number of non-ortho nitro benzene ring substituents is 1. The molecule has 120 valence electrons. The van der Waals surface area contributed by atoms with Crippen molar-refractivity contribution < 1.29 is 14.6 Å². The third-order valence-electron chi connectivity index (χ3n) is 3.13. The van der Waals surface area contributed by atoms with Crippen molar-refractivity contribution in [3.8, 4) is 6.07 Å². The maximum Gasteiger partial charge on any atom is 0.279 e. The normalized spacial score (nSPS) is 9.79. The molecule has 0 aliphatic carbocycles. The number of amides is 1. The topological polar surface area (TPSA) is 139 Å². The Morgan fingerprint density at radius 1 is 1.08 bits per heavy atom. The smallest absolute Gasteiger partial charge is 0.279 e. The Bertz CT molecular complexity index is 855. The maximum absolute atomic E-state index is 12.0. The molecule has 0 saturated heterocycles. The molecule has 24 heavy (non-hydrogen) atoms. The highest BCUT2D eigenvalue weighted by molar-refractivity contribution is 5.92. The first-order valence-electron chi connectivity index (χ1n) is 6.62. The van der Waals surface area contributed by atoms with Gasteiger partial charge in [0.05, 0.1) is 34.0 Å². The summed E-state index contributed by atoms with van der Waals surface area (Å²) in [5, 5.41) is 33.0. The molecule has 2 rings (SSSR count). The van der Waals surface area contributed by atoms with E-state index in [0.717, 1.165) is 12.1 Å². The van der Waals surface area contributed by atoms with Crippen LogP contribution in [0.25, 0.3) is 0 Å². The summed E-state index contributed by atoms with van der Waals surface area (Å²) in [7, 11) is 0. The van der Waals surface area contributed by atoms with Crippen LogP contribution < -0.4 is 5.32 Å². The molecule has 0 aliphatic rings. The highest BCUT2D eigenvalue weighted by Gasteiger charge is 2.21. The summed E-state index contributed by atoms with van der Waals surface area (Å²) in [4.78, 5) is 32.2. The summed E-state index contributed by atoms with van der Waals surface area (Å²) in [6.45, 7) is 0. The lowest BCUT2D eigenvalue weighted by molar-refractivity contribution is -0.394. The lowest BCUT2D eigenvalue weighted by atomic mass is 10.1. The van der Waals surface area contributed by atoms with E-state index in [-0.39, 0.29) is 12.0 Å². The van der Waals surface area contributed by atoms with Gasteiger partial charge in [-0.15, -0.1) is 0 Å². The zero-order chi connectivity index (χ0) is 17.7. The molecule has 0 radical (unpaired) electrons. The molecule has 9 nitrogen and oxygen atoms in total. The van der Waals surface area contributed by atoms with Gasteiger partial charge in [-0.25, -0.2) is 0 Å². The van der Waals surface area contributed by atoms with E-state index in [1.807, 2.05) is 6.07 Å². The van der Waals surface area contributed by atoms with Crippen molar-refractivity contribution in [3.05, 3.63) is 73.8 Å². The van der Waals surface area contributed by atoms with Gasteiger partial charge in [0.15, 0.2) is 0 Å². The number of nitro benzene ring substituents is 2. The molecule has 0 bridgehead atoms. The summed E-state index contributed by atoms with van der Waals surface area (Å²) in [6, 6.07) is 11.2. The first-order valence-corrected chi connectivity index (χ1v) is 6.62. The minimum atomic E-state index is -0.767. The van der Waals surface area contributed by atoms with Crippen LogP contribution in [0.4, 0.5) is 17.1 Å². The van der Waals surface area contributed by atoms with Crippen molar-refractivity contribution in [1.29, 1.82) is 5.26 Å². The quantitative estimate of drug-likeness (QED) is 0.661. The number of carbonyl (C=O) groups is 1. The van der Waals surface area contributed by atoms with Crippen LogP contribution in [0.15, 0.2) is 42.5 Å². The highest BCUT2D eigenvalue weighted by Crippen LogP contribution is 2.25. The molecule has 0 fully saturated rings. The summed E-state index contributed by atoms with van der Waals surface area (Å²) in [6.07, 6.45) is -0.311. The first-order chi connectivity index (χ1) is 11.4. The second-order valence-electron chi connectivity index (χ2n) is 4.74. The highest BCUT2D eigenvalue weighted by atomic mass is 16.6. The number of nitrogens with zero attached hydrogens (tertiary/aromatic N) is 3. The molecule has 0 aliphatic heterocycles. The average Bonchev–Trinajstić information content (AvgIpc) is 2.55. The Morgan fingerprint density at radius 3 is 2.29 bits per heavy atom. The van der Waals surface area contributed by atoms with Gasteiger partial charge in [0, 0.05) is 17.3 Å². The minimum Gasteiger partial charge on any atom is -0.326 e. The van der Waals surface area contributed by atoms with Gasteiger partial charge in [0.25, 0.3) is 11.4 Å². The van der Waals surface area contributed by atoms with Crippen LogP contribution in [0.1, 0.15) is 11.1 Å². The first kappa shape index (κ1) is 16.6. The molecule has 9 heteroatoms. The molecule has 0 aromatic heterocycles. The molecule has 0 atom stereocenters. The van der Waals surface area contributed by atoms with Crippen LogP contribution in [-0.2, 0) is 11.2 Å². The number of anilines is 1.